The molecular weight excluding hydrogens is 442 g/mol. The zero-order chi connectivity index (χ0) is 24.2. The van der Waals surface area contributed by atoms with E-state index in [1.807, 2.05) is 11.0 Å². The number of pyridine rings is 1. The summed E-state index contributed by atoms with van der Waals surface area (Å²) in [7, 11) is 1.22. The summed E-state index contributed by atoms with van der Waals surface area (Å²) in [5.74, 6) is -2.21. The van der Waals surface area contributed by atoms with Crippen LogP contribution >= 0.6 is 0 Å². The number of aromatic nitrogens is 1. The predicted octanol–water partition coefficient (Wildman–Crippen LogP) is 1.16. The van der Waals surface area contributed by atoms with Crippen LogP contribution in [0.4, 0.5) is 0 Å². The van der Waals surface area contributed by atoms with Crippen LogP contribution in [0.3, 0.4) is 0 Å². The Morgan fingerprint density at radius 1 is 1.21 bits per heavy atom. The summed E-state index contributed by atoms with van der Waals surface area (Å²) in [5.41, 5.74) is -0.360. The lowest BCUT2D eigenvalue weighted by Crippen LogP contribution is -2.45. The third-order valence-corrected chi connectivity index (χ3v) is 6.01. The first kappa shape index (κ1) is 23.2. The number of nitrogens with zero attached hydrogens (tertiary/aromatic N) is 2. The molecule has 1 saturated heterocycles. The van der Waals surface area contributed by atoms with Gasteiger partial charge in [0.2, 0.25) is 17.6 Å². The van der Waals surface area contributed by atoms with Gasteiger partial charge in [0.25, 0.3) is 5.56 Å². The lowest BCUT2D eigenvalue weighted by atomic mass is 9.92. The summed E-state index contributed by atoms with van der Waals surface area (Å²) < 4.78 is 10.7. The van der Waals surface area contributed by atoms with E-state index < -0.39 is 28.6 Å². The molecule has 2 N–H and O–H groups in total. The fraction of sp³-hybridized carbons (Fsp3) is 0.333. The molecule has 1 aliphatic rings. The van der Waals surface area contributed by atoms with Crippen LogP contribution in [0.25, 0.3) is 10.9 Å². The fourth-order valence-electron chi connectivity index (χ4n) is 4.13. The minimum Gasteiger partial charge on any atom is -0.502 e. The summed E-state index contributed by atoms with van der Waals surface area (Å²) in [4.78, 5) is 55.1. The average molecular weight is 467 g/mol. The molecule has 1 aliphatic heterocycles. The standard InChI is InChI=1S/C24H25N3O7/c1-33-21(30)12-17(18-10-15-4-2-3-5-19(15)25-24(18)32)23-22(31)20(29)11-16(34-23)13-26-6-8-27(14-28)9-7-26/h2-5,10-11,14,17,31H,6-9,12-13H2,1H3,(H,25,32). The molecule has 3 heterocycles. The summed E-state index contributed by atoms with van der Waals surface area (Å²) in [6.45, 7) is 2.56. The number of hydrogen-bond acceptors (Lipinski definition) is 8. The molecule has 1 amide bonds. The number of piperazine rings is 1. The Bertz CT molecular complexity index is 1320. The van der Waals surface area contributed by atoms with Crippen molar-refractivity contribution in [1.29, 1.82) is 0 Å². The molecule has 1 fully saturated rings. The van der Waals surface area contributed by atoms with Gasteiger partial charge in [0.1, 0.15) is 5.76 Å². The van der Waals surface area contributed by atoms with Crippen molar-refractivity contribution in [2.45, 2.75) is 18.9 Å². The number of carbonyl (C=O) groups is 2. The second-order valence-corrected chi connectivity index (χ2v) is 8.18. The van der Waals surface area contributed by atoms with Crippen molar-refractivity contribution >= 4 is 23.3 Å². The molecule has 1 aromatic carbocycles. The molecule has 0 spiro atoms. The molecule has 1 atom stereocenters. The molecule has 3 aromatic rings. The van der Waals surface area contributed by atoms with Crippen molar-refractivity contribution in [2.24, 2.45) is 0 Å². The van der Waals surface area contributed by atoms with Gasteiger partial charge >= 0.3 is 5.97 Å². The number of ether oxygens (including phenoxy) is 1. The van der Waals surface area contributed by atoms with E-state index in [9.17, 15) is 24.3 Å². The first-order chi connectivity index (χ1) is 16.4. The highest BCUT2D eigenvalue weighted by molar-refractivity contribution is 5.79. The molecule has 0 aliphatic carbocycles. The van der Waals surface area contributed by atoms with E-state index in [0.29, 0.717) is 31.7 Å². The van der Waals surface area contributed by atoms with Crippen LogP contribution in [-0.4, -0.2) is 65.6 Å². The van der Waals surface area contributed by atoms with Crippen LogP contribution in [0.15, 0.2) is 50.4 Å². The van der Waals surface area contributed by atoms with Gasteiger partial charge in [0.05, 0.1) is 26.0 Å². The average Bonchev–Trinajstić information content (AvgIpc) is 2.85. The van der Waals surface area contributed by atoms with Crippen molar-refractivity contribution in [2.75, 3.05) is 33.3 Å². The van der Waals surface area contributed by atoms with Gasteiger partial charge in [-0.2, -0.15) is 0 Å². The van der Waals surface area contributed by atoms with Crippen LogP contribution in [0.5, 0.6) is 5.75 Å². The maximum Gasteiger partial charge on any atom is 0.306 e. The second kappa shape index (κ2) is 9.92. The van der Waals surface area contributed by atoms with Crippen LogP contribution in [0.2, 0.25) is 0 Å². The molecule has 0 bridgehead atoms. The van der Waals surface area contributed by atoms with E-state index in [-0.39, 0.29) is 30.0 Å². The van der Waals surface area contributed by atoms with Gasteiger partial charge < -0.3 is 24.1 Å². The Morgan fingerprint density at radius 3 is 2.65 bits per heavy atom. The summed E-state index contributed by atoms with van der Waals surface area (Å²) >= 11 is 0. The number of aromatic amines is 1. The maximum absolute atomic E-state index is 12.9. The monoisotopic (exact) mass is 467 g/mol. The van der Waals surface area contributed by atoms with Crippen molar-refractivity contribution < 1.29 is 23.8 Å². The number of fused-ring (bicyclic) bond motifs is 1. The summed E-state index contributed by atoms with van der Waals surface area (Å²) in [6.07, 6.45) is 0.491. The molecule has 178 valence electrons. The van der Waals surface area contributed by atoms with Crippen LogP contribution < -0.4 is 11.0 Å². The van der Waals surface area contributed by atoms with Gasteiger partial charge in [0, 0.05) is 43.3 Å². The number of nitrogens with one attached hydrogen (secondary N) is 1. The summed E-state index contributed by atoms with van der Waals surface area (Å²) in [6, 6.07) is 9.96. The molecule has 0 radical (unpaired) electrons. The fourth-order valence-corrected chi connectivity index (χ4v) is 4.13. The molecule has 2 aromatic heterocycles. The number of esters is 1. The molecule has 34 heavy (non-hydrogen) atoms. The number of H-pyrrole nitrogens is 1. The predicted molar refractivity (Wildman–Crippen MR) is 123 cm³/mol. The van der Waals surface area contributed by atoms with Crippen molar-refractivity contribution in [3.8, 4) is 5.75 Å². The zero-order valence-corrected chi connectivity index (χ0v) is 18.7. The highest BCUT2D eigenvalue weighted by Gasteiger charge is 2.29. The molecule has 10 nitrogen and oxygen atoms in total. The Morgan fingerprint density at radius 2 is 1.94 bits per heavy atom. The lowest BCUT2D eigenvalue weighted by Gasteiger charge is -2.32. The highest BCUT2D eigenvalue weighted by atomic mass is 16.5. The molecule has 0 saturated carbocycles. The van der Waals surface area contributed by atoms with Gasteiger partial charge in [-0.25, -0.2) is 0 Å². The van der Waals surface area contributed by atoms with Crippen LogP contribution in [-0.2, 0) is 20.9 Å². The largest absolute Gasteiger partial charge is 0.502 e. The highest BCUT2D eigenvalue weighted by Crippen LogP contribution is 2.33. The Balaban J connectivity index is 1.75. The topological polar surface area (TPSA) is 133 Å². The lowest BCUT2D eigenvalue weighted by molar-refractivity contribution is -0.141. The number of methoxy groups -OCH3 is 1. The Hall–Kier alpha value is -3.92. The van der Waals surface area contributed by atoms with Crippen LogP contribution in [0.1, 0.15) is 29.4 Å². The third-order valence-electron chi connectivity index (χ3n) is 6.01. The minimum absolute atomic E-state index is 0.166. The van der Waals surface area contributed by atoms with E-state index in [2.05, 4.69) is 4.98 Å². The van der Waals surface area contributed by atoms with Gasteiger partial charge in [0.15, 0.2) is 5.76 Å². The van der Waals surface area contributed by atoms with Crippen molar-refractivity contribution in [3.05, 3.63) is 74.1 Å². The number of para-hydroxylation sites is 1. The normalized spacial score (nSPS) is 15.3. The van der Waals surface area contributed by atoms with Crippen molar-refractivity contribution in [1.82, 2.24) is 14.8 Å². The number of benzene rings is 1. The minimum atomic E-state index is -1.04. The second-order valence-electron chi connectivity index (χ2n) is 8.18. The van der Waals surface area contributed by atoms with Crippen molar-refractivity contribution in [3.63, 3.8) is 0 Å². The maximum atomic E-state index is 12.9. The SMILES string of the molecule is COC(=O)CC(c1oc(CN2CCN(C=O)CC2)cc(=O)c1O)c1cc2ccccc2[nH]c1=O. The van der Waals surface area contributed by atoms with Gasteiger partial charge in [-0.05, 0) is 17.5 Å². The first-order valence-electron chi connectivity index (χ1n) is 10.9. The van der Waals surface area contributed by atoms with Gasteiger partial charge in [-0.15, -0.1) is 0 Å². The molecule has 10 heteroatoms. The number of rotatable bonds is 7. The molecule has 4 rings (SSSR count). The third kappa shape index (κ3) is 4.86. The van der Waals surface area contributed by atoms with E-state index in [1.165, 1.54) is 13.2 Å². The number of hydrogen-bond donors (Lipinski definition) is 2. The Kier molecular flexibility index (Phi) is 6.78. The van der Waals surface area contributed by atoms with E-state index in [0.717, 1.165) is 11.8 Å². The first-order valence-corrected chi connectivity index (χ1v) is 10.9. The van der Waals surface area contributed by atoms with Gasteiger partial charge in [-0.1, -0.05) is 18.2 Å². The Labute approximate surface area is 194 Å². The molecular formula is C24H25N3O7. The van der Waals surface area contributed by atoms with E-state index in [4.69, 9.17) is 9.15 Å². The number of amides is 1. The number of aromatic hydroxyl groups is 1. The quantitative estimate of drug-likeness (QED) is 0.391. The molecule has 1 unspecified atom stereocenters. The number of carbonyl (C=O) groups excluding carboxylic acids is 2. The van der Waals surface area contributed by atoms with Gasteiger partial charge in [-0.3, -0.25) is 24.1 Å². The van der Waals surface area contributed by atoms with Crippen LogP contribution in [0, 0.1) is 0 Å². The smallest absolute Gasteiger partial charge is 0.306 e. The van der Waals surface area contributed by atoms with E-state index >= 15 is 0 Å². The van der Waals surface area contributed by atoms with E-state index in [1.54, 1.807) is 29.2 Å². The summed E-state index contributed by atoms with van der Waals surface area (Å²) in [5, 5.41) is 11.3. The zero-order valence-electron chi connectivity index (χ0n) is 18.7.